The fourth-order valence-electron chi connectivity index (χ4n) is 2.34. The molecule has 0 fully saturated rings. The molecule has 0 aliphatic rings. The quantitative estimate of drug-likeness (QED) is 0.643. The summed E-state index contributed by atoms with van der Waals surface area (Å²) >= 11 is 5.92. The molecule has 0 unspecified atom stereocenters. The van der Waals surface area contributed by atoms with Gasteiger partial charge in [-0.3, -0.25) is 9.59 Å². The van der Waals surface area contributed by atoms with E-state index in [1.165, 1.54) is 4.90 Å². The van der Waals surface area contributed by atoms with E-state index in [0.29, 0.717) is 21.8 Å². The lowest BCUT2D eigenvalue weighted by molar-refractivity contribution is 0.0897. The largest absolute Gasteiger partial charge is 0.268 e. The van der Waals surface area contributed by atoms with Crippen molar-refractivity contribution in [3.05, 3.63) is 101 Å². The lowest BCUT2D eigenvalue weighted by atomic mass is 10.1. The number of halogens is 1. The molecule has 0 aliphatic heterocycles. The topological polar surface area (TPSA) is 37.4 Å². The molecule has 0 saturated heterocycles. The van der Waals surface area contributed by atoms with Gasteiger partial charge in [-0.15, -0.1) is 0 Å². The average molecular weight is 336 g/mol. The molecule has 3 rings (SSSR count). The second-order valence-electron chi connectivity index (χ2n) is 5.15. The summed E-state index contributed by atoms with van der Waals surface area (Å²) in [5.41, 5.74) is 1.36. The minimum Gasteiger partial charge on any atom is -0.268 e. The third kappa shape index (κ3) is 3.36. The normalized spacial score (nSPS) is 10.2. The number of imide groups is 1. The molecular weight excluding hydrogens is 322 g/mol. The van der Waals surface area contributed by atoms with Gasteiger partial charge in [-0.1, -0.05) is 48.0 Å². The highest BCUT2D eigenvalue weighted by Crippen LogP contribution is 2.22. The van der Waals surface area contributed by atoms with Crippen LogP contribution >= 0.6 is 11.6 Å². The minimum absolute atomic E-state index is 0.383. The molecule has 3 aromatic rings. The number of hydrogen-bond acceptors (Lipinski definition) is 2. The lowest BCUT2D eigenvalue weighted by Crippen LogP contribution is -2.37. The van der Waals surface area contributed by atoms with Crippen molar-refractivity contribution in [1.29, 1.82) is 0 Å². The van der Waals surface area contributed by atoms with Crippen LogP contribution in [0.5, 0.6) is 0 Å². The zero-order valence-corrected chi connectivity index (χ0v) is 13.5. The summed E-state index contributed by atoms with van der Waals surface area (Å²) < 4.78 is 0. The van der Waals surface area contributed by atoms with Crippen molar-refractivity contribution >= 4 is 29.1 Å². The number of hydrogen-bond donors (Lipinski definition) is 0. The first kappa shape index (κ1) is 16.0. The van der Waals surface area contributed by atoms with Gasteiger partial charge in [0.25, 0.3) is 11.8 Å². The molecule has 2 amide bonds. The Bertz CT molecular complexity index is 794. The van der Waals surface area contributed by atoms with Gasteiger partial charge < -0.3 is 0 Å². The van der Waals surface area contributed by atoms with E-state index in [1.807, 2.05) is 12.1 Å². The van der Waals surface area contributed by atoms with E-state index >= 15 is 0 Å². The highest BCUT2D eigenvalue weighted by molar-refractivity contribution is 6.31. The number of rotatable bonds is 3. The SMILES string of the molecule is O=C(c1ccccc1)N(C(=O)c1ccccc1)c1ccc(Cl)cc1. The van der Waals surface area contributed by atoms with E-state index in [1.54, 1.807) is 72.8 Å². The van der Waals surface area contributed by atoms with Gasteiger partial charge in [0.15, 0.2) is 0 Å². The van der Waals surface area contributed by atoms with Gasteiger partial charge in [-0.2, -0.15) is 0 Å². The molecule has 0 aliphatic carbocycles. The lowest BCUT2D eigenvalue weighted by Gasteiger charge is -2.21. The molecule has 0 spiro atoms. The summed E-state index contributed by atoms with van der Waals surface area (Å²) in [6.07, 6.45) is 0. The van der Waals surface area contributed by atoms with Crippen molar-refractivity contribution in [2.24, 2.45) is 0 Å². The van der Waals surface area contributed by atoms with Gasteiger partial charge in [0.1, 0.15) is 0 Å². The Morgan fingerprint density at radius 1 is 0.625 bits per heavy atom. The van der Waals surface area contributed by atoms with E-state index < -0.39 is 0 Å². The van der Waals surface area contributed by atoms with E-state index in [2.05, 4.69) is 0 Å². The van der Waals surface area contributed by atoms with Gasteiger partial charge in [-0.25, -0.2) is 4.90 Å². The second kappa shape index (κ2) is 7.11. The molecular formula is C20H14ClNO2. The van der Waals surface area contributed by atoms with Gasteiger partial charge in [-0.05, 0) is 48.5 Å². The van der Waals surface area contributed by atoms with Crippen LogP contribution in [0, 0.1) is 0 Å². The van der Waals surface area contributed by atoms with E-state index in [-0.39, 0.29) is 11.8 Å². The van der Waals surface area contributed by atoms with Crippen LogP contribution in [0.2, 0.25) is 5.02 Å². The maximum atomic E-state index is 12.9. The Kier molecular flexibility index (Phi) is 4.73. The van der Waals surface area contributed by atoms with Crippen LogP contribution in [0.3, 0.4) is 0 Å². The molecule has 0 bridgehead atoms. The van der Waals surface area contributed by atoms with Gasteiger partial charge in [0.05, 0.1) is 5.69 Å². The molecule has 118 valence electrons. The molecule has 4 heteroatoms. The zero-order valence-electron chi connectivity index (χ0n) is 12.7. The number of carbonyl (C=O) groups excluding carboxylic acids is 2. The molecule has 0 saturated carbocycles. The summed E-state index contributed by atoms with van der Waals surface area (Å²) in [5.74, 6) is -0.765. The maximum Gasteiger partial charge on any atom is 0.265 e. The van der Waals surface area contributed by atoms with Crippen LogP contribution in [0.25, 0.3) is 0 Å². The Morgan fingerprint density at radius 3 is 1.46 bits per heavy atom. The Labute approximate surface area is 145 Å². The van der Waals surface area contributed by atoms with Crippen molar-refractivity contribution in [2.45, 2.75) is 0 Å². The predicted octanol–water partition coefficient (Wildman–Crippen LogP) is 4.83. The van der Waals surface area contributed by atoms with E-state index in [0.717, 1.165) is 0 Å². The summed E-state index contributed by atoms with van der Waals surface area (Å²) in [4.78, 5) is 27.0. The van der Waals surface area contributed by atoms with Crippen molar-refractivity contribution in [1.82, 2.24) is 0 Å². The van der Waals surface area contributed by atoms with Gasteiger partial charge in [0, 0.05) is 16.1 Å². The van der Waals surface area contributed by atoms with E-state index in [4.69, 9.17) is 11.6 Å². The van der Waals surface area contributed by atoms with Crippen molar-refractivity contribution in [3.8, 4) is 0 Å². The number of benzene rings is 3. The standard InChI is InChI=1S/C20H14ClNO2/c21-17-11-13-18(14-12-17)22(19(23)15-7-3-1-4-8-15)20(24)16-9-5-2-6-10-16/h1-14H. The maximum absolute atomic E-state index is 12.9. The van der Waals surface area contributed by atoms with Crippen molar-refractivity contribution in [3.63, 3.8) is 0 Å². The van der Waals surface area contributed by atoms with Crippen LogP contribution in [0.1, 0.15) is 20.7 Å². The molecule has 3 aromatic carbocycles. The minimum atomic E-state index is -0.383. The average Bonchev–Trinajstić information content (AvgIpc) is 2.64. The molecule has 24 heavy (non-hydrogen) atoms. The summed E-state index contributed by atoms with van der Waals surface area (Å²) in [5, 5.41) is 0.540. The third-order valence-corrected chi connectivity index (χ3v) is 3.78. The number of amides is 2. The Hall–Kier alpha value is -2.91. The third-order valence-electron chi connectivity index (χ3n) is 3.53. The van der Waals surface area contributed by atoms with Crippen LogP contribution in [-0.4, -0.2) is 11.8 Å². The smallest absolute Gasteiger partial charge is 0.265 e. The number of anilines is 1. The Morgan fingerprint density at radius 2 is 1.04 bits per heavy atom. The fraction of sp³-hybridized carbons (Fsp3) is 0. The summed E-state index contributed by atoms with van der Waals surface area (Å²) in [6, 6.07) is 24.1. The second-order valence-corrected chi connectivity index (χ2v) is 5.59. The molecule has 0 aromatic heterocycles. The number of carbonyl (C=O) groups is 2. The first-order valence-electron chi connectivity index (χ1n) is 7.41. The highest BCUT2D eigenvalue weighted by Gasteiger charge is 2.25. The van der Waals surface area contributed by atoms with Crippen LogP contribution in [0.4, 0.5) is 5.69 Å². The van der Waals surface area contributed by atoms with Crippen molar-refractivity contribution in [2.75, 3.05) is 4.90 Å². The van der Waals surface area contributed by atoms with Crippen molar-refractivity contribution < 1.29 is 9.59 Å². The first-order valence-corrected chi connectivity index (χ1v) is 7.79. The summed E-state index contributed by atoms with van der Waals surface area (Å²) in [7, 11) is 0. The van der Waals surface area contributed by atoms with Crippen LogP contribution in [-0.2, 0) is 0 Å². The molecule has 0 heterocycles. The fourth-order valence-corrected chi connectivity index (χ4v) is 2.46. The highest BCUT2D eigenvalue weighted by atomic mass is 35.5. The first-order chi connectivity index (χ1) is 11.7. The van der Waals surface area contributed by atoms with Crippen LogP contribution in [0.15, 0.2) is 84.9 Å². The molecule has 3 nitrogen and oxygen atoms in total. The predicted molar refractivity (Wildman–Crippen MR) is 95.5 cm³/mol. The molecule has 0 N–H and O–H groups in total. The Balaban J connectivity index is 2.05. The number of nitrogens with zero attached hydrogens (tertiary/aromatic N) is 1. The van der Waals surface area contributed by atoms with E-state index in [9.17, 15) is 9.59 Å². The zero-order chi connectivity index (χ0) is 16.9. The van der Waals surface area contributed by atoms with Crippen LogP contribution < -0.4 is 4.90 Å². The van der Waals surface area contributed by atoms with Gasteiger partial charge in [0.2, 0.25) is 0 Å². The molecule has 0 atom stereocenters. The monoisotopic (exact) mass is 335 g/mol. The molecule has 0 radical (unpaired) electrons. The summed E-state index contributed by atoms with van der Waals surface area (Å²) in [6.45, 7) is 0. The van der Waals surface area contributed by atoms with Gasteiger partial charge >= 0.3 is 0 Å².